The highest BCUT2D eigenvalue weighted by Crippen LogP contribution is 2.29. The van der Waals surface area contributed by atoms with Gasteiger partial charge in [0.1, 0.15) is 0 Å². The smallest absolute Gasteiger partial charge is 0.371 e. The molecule has 9 heteroatoms. The third kappa shape index (κ3) is 5.85. The highest BCUT2D eigenvalue weighted by Gasteiger charge is 2.30. The Morgan fingerprint density at radius 2 is 1.56 bits per heavy atom. The molecule has 146 valence electrons. The van der Waals surface area contributed by atoms with Gasteiger partial charge in [0.2, 0.25) is 0 Å². The van der Waals surface area contributed by atoms with Gasteiger partial charge in [0.15, 0.2) is 0 Å². The number of ether oxygens (including phenoxy) is 1. The number of nitrogens with one attached hydrogen (secondary N) is 3. The summed E-state index contributed by atoms with van der Waals surface area (Å²) < 4.78 is 43.2. The lowest BCUT2D eigenvalue weighted by Gasteiger charge is -2.24. The zero-order valence-corrected chi connectivity index (χ0v) is 15.0. The summed E-state index contributed by atoms with van der Waals surface area (Å²) in [7, 11) is 0. The molecular formula is C18H19ClF3N3O2. The average molecular weight is 402 g/mol. The molecule has 0 aliphatic carbocycles. The molecule has 1 aliphatic heterocycles. The second-order valence-electron chi connectivity index (χ2n) is 5.84. The number of carbonyl (C=O) groups excluding carboxylic acids is 1. The van der Waals surface area contributed by atoms with Crippen LogP contribution in [0.1, 0.15) is 17.2 Å². The fourth-order valence-corrected chi connectivity index (χ4v) is 2.60. The Morgan fingerprint density at radius 3 is 2.04 bits per heavy atom. The van der Waals surface area contributed by atoms with E-state index in [1.54, 1.807) is 12.1 Å². The molecule has 2 aromatic carbocycles. The van der Waals surface area contributed by atoms with Gasteiger partial charge in [0.25, 0.3) is 0 Å². The molecular weight excluding hydrogens is 383 g/mol. The van der Waals surface area contributed by atoms with Gasteiger partial charge in [-0.15, -0.1) is 12.4 Å². The molecule has 2 amide bonds. The molecule has 1 saturated heterocycles. The van der Waals surface area contributed by atoms with Crippen molar-refractivity contribution in [3.05, 3.63) is 59.7 Å². The minimum atomic E-state index is -4.40. The standard InChI is InChI=1S/C18H18F3N3O2.ClH/c19-18(20,21)13-3-7-15(8-4-13)24-17(25)23-14-5-1-12(2-6-14)16-11-22-9-10-26-16;/h1-8,16,22H,9-11H2,(H2,23,24,25);1H. The van der Waals surface area contributed by atoms with E-state index in [2.05, 4.69) is 16.0 Å². The van der Waals surface area contributed by atoms with Gasteiger partial charge in [0.05, 0.1) is 18.3 Å². The Hall–Kier alpha value is -2.29. The SMILES string of the molecule is Cl.O=C(Nc1ccc(C2CNCCO2)cc1)Nc1ccc(C(F)(F)F)cc1. The Kier molecular flexibility index (Phi) is 7.06. The molecule has 2 aromatic rings. The van der Waals surface area contributed by atoms with Crippen molar-refractivity contribution < 1.29 is 22.7 Å². The van der Waals surface area contributed by atoms with Gasteiger partial charge >= 0.3 is 12.2 Å². The average Bonchev–Trinajstić information content (AvgIpc) is 2.63. The molecule has 1 heterocycles. The predicted molar refractivity (Wildman–Crippen MR) is 99.3 cm³/mol. The molecule has 1 fully saturated rings. The normalized spacial score (nSPS) is 16.9. The van der Waals surface area contributed by atoms with Gasteiger partial charge in [-0.3, -0.25) is 0 Å². The van der Waals surface area contributed by atoms with Crippen LogP contribution in [-0.2, 0) is 10.9 Å². The lowest BCUT2D eigenvalue weighted by Crippen LogP contribution is -2.33. The maximum atomic E-state index is 12.5. The molecule has 1 aliphatic rings. The lowest BCUT2D eigenvalue weighted by molar-refractivity contribution is -0.137. The molecule has 0 aromatic heterocycles. The van der Waals surface area contributed by atoms with Gasteiger partial charge in [-0.05, 0) is 42.0 Å². The summed E-state index contributed by atoms with van der Waals surface area (Å²) in [6, 6.07) is 11.0. The van der Waals surface area contributed by atoms with Crippen molar-refractivity contribution in [3.63, 3.8) is 0 Å². The first kappa shape index (κ1) is 21.0. The first-order valence-electron chi connectivity index (χ1n) is 8.09. The van der Waals surface area contributed by atoms with E-state index < -0.39 is 17.8 Å². The highest BCUT2D eigenvalue weighted by atomic mass is 35.5. The van der Waals surface area contributed by atoms with E-state index >= 15 is 0 Å². The van der Waals surface area contributed by atoms with Crippen molar-refractivity contribution in [3.8, 4) is 0 Å². The minimum Gasteiger partial charge on any atom is -0.371 e. The molecule has 0 saturated carbocycles. The van der Waals surface area contributed by atoms with Gasteiger partial charge < -0.3 is 20.7 Å². The van der Waals surface area contributed by atoms with Crippen LogP contribution >= 0.6 is 12.4 Å². The Bertz CT molecular complexity index is 746. The van der Waals surface area contributed by atoms with Crippen molar-refractivity contribution in [2.45, 2.75) is 12.3 Å². The maximum Gasteiger partial charge on any atom is 0.416 e. The Balaban J connectivity index is 0.00000261. The summed E-state index contributed by atoms with van der Waals surface area (Å²) in [5.74, 6) is 0. The molecule has 0 spiro atoms. The van der Waals surface area contributed by atoms with E-state index in [0.717, 1.165) is 30.8 Å². The van der Waals surface area contributed by atoms with E-state index in [-0.39, 0.29) is 24.2 Å². The first-order chi connectivity index (χ1) is 12.4. The topological polar surface area (TPSA) is 62.4 Å². The monoisotopic (exact) mass is 401 g/mol. The third-order valence-electron chi connectivity index (χ3n) is 3.94. The van der Waals surface area contributed by atoms with Crippen LogP contribution in [-0.4, -0.2) is 25.7 Å². The van der Waals surface area contributed by atoms with E-state index in [1.807, 2.05) is 12.1 Å². The first-order valence-corrected chi connectivity index (χ1v) is 8.09. The zero-order chi connectivity index (χ0) is 18.6. The van der Waals surface area contributed by atoms with Crippen LogP contribution < -0.4 is 16.0 Å². The van der Waals surface area contributed by atoms with Crippen LogP contribution in [0.5, 0.6) is 0 Å². The highest BCUT2D eigenvalue weighted by molar-refractivity contribution is 5.99. The third-order valence-corrected chi connectivity index (χ3v) is 3.94. The number of alkyl halides is 3. The number of rotatable bonds is 3. The van der Waals surface area contributed by atoms with E-state index in [0.29, 0.717) is 12.3 Å². The molecule has 3 N–H and O–H groups in total. The number of hydrogen-bond donors (Lipinski definition) is 3. The number of carbonyl (C=O) groups is 1. The summed E-state index contributed by atoms with van der Waals surface area (Å²) in [6.45, 7) is 2.22. The van der Waals surface area contributed by atoms with Crippen LogP contribution in [0, 0.1) is 0 Å². The van der Waals surface area contributed by atoms with Crippen molar-refractivity contribution in [2.75, 3.05) is 30.3 Å². The molecule has 5 nitrogen and oxygen atoms in total. The zero-order valence-electron chi connectivity index (χ0n) is 14.2. The molecule has 0 bridgehead atoms. The largest absolute Gasteiger partial charge is 0.416 e. The summed E-state index contributed by atoms with van der Waals surface area (Å²) in [5, 5.41) is 8.38. The fourth-order valence-electron chi connectivity index (χ4n) is 2.60. The lowest BCUT2D eigenvalue weighted by atomic mass is 10.1. The quantitative estimate of drug-likeness (QED) is 0.713. The van der Waals surface area contributed by atoms with E-state index in [1.165, 1.54) is 12.1 Å². The van der Waals surface area contributed by atoms with Gasteiger partial charge in [-0.25, -0.2) is 4.79 Å². The van der Waals surface area contributed by atoms with Crippen LogP contribution in [0.3, 0.4) is 0 Å². The Labute approximate surface area is 160 Å². The number of amides is 2. The van der Waals surface area contributed by atoms with E-state index in [9.17, 15) is 18.0 Å². The maximum absolute atomic E-state index is 12.5. The number of halogens is 4. The molecule has 27 heavy (non-hydrogen) atoms. The van der Waals surface area contributed by atoms with Crippen LogP contribution in [0.4, 0.5) is 29.3 Å². The second kappa shape index (κ2) is 9.07. The fraction of sp³-hybridized carbons (Fsp3) is 0.278. The summed E-state index contributed by atoms with van der Waals surface area (Å²) in [4.78, 5) is 12.0. The van der Waals surface area contributed by atoms with Crippen molar-refractivity contribution in [1.29, 1.82) is 0 Å². The van der Waals surface area contributed by atoms with Crippen molar-refractivity contribution in [1.82, 2.24) is 5.32 Å². The van der Waals surface area contributed by atoms with Crippen LogP contribution in [0.25, 0.3) is 0 Å². The van der Waals surface area contributed by atoms with Crippen LogP contribution in [0.15, 0.2) is 48.5 Å². The van der Waals surface area contributed by atoms with Gasteiger partial charge in [0, 0.05) is 24.5 Å². The van der Waals surface area contributed by atoms with Gasteiger partial charge in [-0.1, -0.05) is 12.1 Å². The minimum absolute atomic E-state index is 0. The molecule has 0 radical (unpaired) electrons. The predicted octanol–water partition coefficient (Wildman–Crippen LogP) is 4.43. The number of hydrogen-bond acceptors (Lipinski definition) is 3. The number of anilines is 2. The molecule has 1 atom stereocenters. The van der Waals surface area contributed by atoms with Crippen LogP contribution in [0.2, 0.25) is 0 Å². The summed E-state index contributed by atoms with van der Waals surface area (Å²) in [5.41, 5.74) is 1.08. The van der Waals surface area contributed by atoms with Gasteiger partial charge in [-0.2, -0.15) is 13.2 Å². The summed E-state index contributed by atoms with van der Waals surface area (Å²) in [6.07, 6.45) is -4.42. The summed E-state index contributed by atoms with van der Waals surface area (Å²) >= 11 is 0. The number of urea groups is 1. The second-order valence-corrected chi connectivity index (χ2v) is 5.84. The van der Waals surface area contributed by atoms with Crippen molar-refractivity contribution in [2.24, 2.45) is 0 Å². The van der Waals surface area contributed by atoms with E-state index in [4.69, 9.17) is 4.74 Å². The molecule has 3 rings (SSSR count). The van der Waals surface area contributed by atoms with Crippen molar-refractivity contribution >= 4 is 29.8 Å². The number of morpholine rings is 1. The number of benzene rings is 2. The Morgan fingerprint density at radius 1 is 1.00 bits per heavy atom. The molecule has 1 unspecified atom stereocenters.